The Morgan fingerprint density at radius 1 is 1.59 bits per heavy atom. The van der Waals surface area contributed by atoms with Crippen LogP contribution >= 0.6 is 22.9 Å². The maximum Gasteiger partial charge on any atom is 0.220 e. The Hall–Kier alpha value is -0.580. The number of thiophene rings is 1. The van der Waals surface area contributed by atoms with E-state index in [-0.39, 0.29) is 5.91 Å². The lowest BCUT2D eigenvalue weighted by Gasteiger charge is -2.08. The first-order valence-corrected chi connectivity index (χ1v) is 7.02. The van der Waals surface area contributed by atoms with Crippen LogP contribution in [-0.4, -0.2) is 19.0 Å². The molecule has 0 bridgehead atoms. The van der Waals surface area contributed by atoms with Gasteiger partial charge in [0.2, 0.25) is 5.91 Å². The van der Waals surface area contributed by atoms with E-state index in [4.69, 9.17) is 17.3 Å². The van der Waals surface area contributed by atoms with Crippen molar-refractivity contribution in [2.24, 2.45) is 11.7 Å². The maximum absolute atomic E-state index is 11.5. The smallest absolute Gasteiger partial charge is 0.220 e. The zero-order chi connectivity index (χ0) is 12.7. The Kier molecular flexibility index (Phi) is 6.55. The lowest BCUT2D eigenvalue weighted by Crippen LogP contribution is -2.26. The van der Waals surface area contributed by atoms with Gasteiger partial charge in [0.15, 0.2) is 0 Å². The zero-order valence-electron chi connectivity index (χ0n) is 10.0. The van der Waals surface area contributed by atoms with Gasteiger partial charge in [-0.05, 0) is 37.4 Å². The van der Waals surface area contributed by atoms with Gasteiger partial charge in [0.25, 0.3) is 0 Å². The van der Waals surface area contributed by atoms with Gasteiger partial charge in [0.05, 0.1) is 4.34 Å². The quantitative estimate of drug-likeness (QED) is 0.802. The Bertz CT molecular complexity index is 354. The first-order valence-electron chi connectivity index (χ1n) is 5.82. The average Bonchev–Trinajstić information content (AvgIpc) is 2.72. The molecule has 1 unspecified atom stereocenters. The van der Waals surface area contributed by atoms with E-state index >= 15 is 0 Å². The molecule has 0 aliphatic heterocycles. The molecule has 1 rings (SSSR count). The number of amides is 1. The molecule has 0 aliphatic carbocycles. The van der Waals surface area contributed by atoms with Gasteiger partial charge in [-0.15, -0.1) is 11.3 Å². The third-order valence-corrected chi connectivity index (χ3v) is 3.88. The van der Waals surface area contributed by atoms with Crippen LogP contribution < -0.4 is 11.1 Å². The van der Waals surface area contributed by atoms with Gasteiger partial charge in [-0.2, -0.15) is 0 Å². The normalized spacial score (nSPS) is 12.4. The van der Waals surface area contributed by atoms with Crippen molar-refractivity contribution in [1.82, 2.24) is 5.32 Å². The highest BCUT2D eigenvalue weighted by molar-refractivity contribution is 7.16. The molecule has 3 N–H and O–H groups in total. The minimum absolute atomic E-state index is 0.105. The summed E-state index contributed by atoms with van der Waals surface area (Å²) >= 11 is 7.38. The number of carbonyl (C=O) groups excluding carboxylic acids is 1. The van der Waals surface area contributed by atoms with Gasteiger partial charge < -0.3 is 11.1 Å². The van der Waals surface area contributed by atoms with E-state index < -0.39 is 0 Å². The molecule has 1 aromatic heterocycles. The summed E-state index contributed by atoms with van der Waals surface area (Å²) in [5.74, 6) is 0.518. The Morgan fingerprint density at radius 3 is 2.94 bits per heavy atom. The van der Waals surface area contributed by atoms with Crippen LogP contribution in [0.5, 0.6) is 0 Å². The zero-order valence-corrected chi connectivity index (χ0v) is 11.6. The number of rotatable bonds is 7. The fourth-order valence-corrected chi connectivity index (χ4v) is 2.48. The first-order chi connectivity index (χ1) is 8.11. The van der Waals surface area contributed by atoms with Crippen LogP contribution in [0.3, 0.4) is 0 Å². The van der Waals surface area contributed by atoms with Gasteiger partial charge in [0, 0.05) is 17.8 Å². The van der Waals surface area contributed by atoms with Crippen molar-refractivity contribution in [2.45, 2.75) is 26.2 Å². The van der Waals surface area contributed by atoms with E-state index in [1.54, 1.807) is 11.3 Å². The highest BCUT2D eigenvalue weighted by Crippen LogP contribution is 2.21. The molecular weight excluding hydrogens is 256 g/mol. The van der Waals surface area contributed by atoms with E-state index in [9.17, 15) is 4.79 Å². The molecule has 3 nitrogen and oxygen atoms in total. The van der Waals surface area contributed by atoms with Crippen molar-refractivity contribution >= 4 is 28.8 Å². The number of hydrogen-bond donors (Lipinski definition) is 2. The summed E-state index contributed by atoms with van der Waals surface area (Å²) < 4.78 is 0.795. The van der Waals surface area contributed by atoms with Crippen molar-refractivity contribution in [3.8, 4) is 0 Å². The van der Waals surface area contributed by atoms with E-state index in [0.717, 1.165) is 17.2 Å². The molecule has 1 aromatic rings. The standard InChI is InChI=1S/C12H19ClN2OS/c1-9(8-14)2-5-12(16)15-7-6-10-3-4-11(13)17-10/h3-4,9H,2,5-8,14H2,1H3,(H,15,16). The number of nitrogens with one attached hydrogen (secondary N) is 1. The first kappa shape index (κ1) is 14.5. The molecule has 0 aliphatic rings. The van der Waals surface area contributed by atoms with Crippen LogP contribution in [0.2, 0.25) is 4.34 Å². The van der Waals surface area contributed by atoms with E-state index in [1.165, 1.54) is 4.88 Å². The van der Waals surface area contributed by atoms with Gasteiger partial charge in [0.1, 0.15) is 0 Å². The predicted molar refractivity (Wildman–Crippen MR) is 73.5 cm³/mol. The molecule has 1 atom stereocenters. The second kappa shape index (κ2) is 7.69. The van der Waals surface area contributed by atoms with Crippen LogP contribution in [0.25, 0.3) is 0 Å². The lowest BCUT2D eigenvalue weighted by atomic mass is 10.1. The third kappa shape index (κ3) is 6.05. The number of hydrogen-bond acceptors (Lipinski definition) is 3. The SMILES string of the molecule is CC(CN)CCC(=O)NCCc1ccc(Cl)s1. The summed E-state index contributed by atoms with van der Waals surface area (Å²) in [7, 11) is 0. The topological polar surface area (TPSA) is 55.1 Å². The molecule has 1 amide bonds. The second-order valence-corrected chi connectivity index (χ2v) is 5.98. The molecule has 96 valence electrons. The Labute approximate surface area is 111 Å². The Balaban J connectivity index is 2.12. The molecular formula is C12H19ClN2OS. The van der Waals surface area contributed by atoms with E-state index in [2.05, 4.69) is 12.2 Å². The summed E-state index contributed by atoms with van der Waals surface area (Å²) in [6.07, 6.45) is 2.26. The summed E-state index contributed by atoms with van der Waals surface area (Å²) in [6, 6.07) is 3.88. The monoisotopic (exact) mass is 274 g/mol. The fraction of sp³-hybridized carbons (Fsp3) is 0.583. The van der Waals surface area contributed by atoms with Gasteiger partial charge >= 0.3 is 0 Å². The molecule has 0 fully saturated rings. The van der Waals surface area contributed by atoms with Crippen LogP contribution in [0.15, 0.2) is 12.1 Å². The van der Waals surface area contributed by atoms with E-state index in [1.807, 2.05) is 12.1 Å². The summed E-state index contributed by atoms with van der Waals surface area (Å²) in [5, 5.41) is 2.90. The molecule has 0 radical (unpaired) electrons. The summed E-state index contributed by atoms with van der Waals surface area (Å²) in [6.45, 7) is 3.37. The van der Waals surface area contributed by atoms with Crippen molar-refractivity contribution in [1.29, 1.82) is 0 Å². The van der Waals surface area contributed by atoms with Crippen molar-refractivity contribution in [3.05, 3.63) is 21.3 Å². The van der Waals surface area contributed by atoms with Crippen LogP contribution in [-0.2, 0) is 11.2 Å². The number of nitrogens with two attached hydrogens (primary N) is 1. The lowest BCUT2D eigenvalue weighted by molar-refractivity contribution is -0.121. The Morgan fingerprint density at radius 2 is 2.35 bits per heavy atom. The minimum atomic E-state index is 0.105. The predicted octanol–water partition coefficient (Wildman–Crippen LogP) is 2.44. The molecule has 0 saturated heterocycles. The average molecular weight is 275 g/mol. The van der Waals surface area contributed by atoms with Gasteiger partial charge in [-0.1, -0.05) is 18.5 Å². The number of carbonyl (C=O) groups is 1. The van der Waals surface area contributed by atoms with Gasteiger partial charge in [-0.25, -0.2) is 0 Å². The summed E-state index contributed by atoms with van der Waals surface area (Å²) in [4.78, 5) is 12.7. The number of halogens is 1. The van der Waals surface area contributed by atoms with Gasteiger partial charge in [-0.3, -0.25) is 4.79 Å². The van der Waals surface area contributed by atoms with Crippen molar-refractivity contribution < 1.29 is 4.79 Å². The maximum atomic E-state index is 11.5. The molecule has 17 heavy (non-hydrogen) atoms. The van der Waals surface area contributed by atoms with Crippen LogP contribution in [0.4, 0.5) is 0 Å². The second-order valence-electron chi connectivity index (χ2n) is 4.19. The fourth-order valence-electron chi connectivity index (χ4n) is 1.39. The highest BCUT2D eigenvalue weighted by Gasteiger charge is 2.05. The van der Waals surface area contributed by atoms with Crippen LogP contribution in [0.1, 0.15) is 24.6 Å². The molecule has 0 aromatic carbocycles. The molecule has 1 heterocycles. The highest BCUT2D eigenvalue weighted by atomic mass is 35.5. The third-order valence-electron chi connectivity index (χ3n) is 2.59. The van der Waals surface area contributed by atoms with E-state index in [0.29, 0.717) is 25.4 Å². The molecule has 0 spiro atoms. The largest absolute Gasteiger partial charge is 0.356 e. The van der Waals surface area contributed by atoms with Crippen molar-refractivity contribution in [3.63, 3.8) is 0 Å². The van der Waals surface area contributed by atoms with Crippen molar-refractivity contribution in [2.75, 3.05) is 13.1 Å². The van der Waals surface area contributed by atoms with Crippen LogP contribution in [0, 0.1) is 5.92 Å². The summed E-state index contributed by atoms with van der Waals surface area (Å²) in [5.41, 5.74) is 5.49. The molecule has 5 heteroatoms. The molecule has 0 saturated carbocycles. The minimum Gasteiger partial charge on any atom is -0.356 e.